The third-order valence-corrected chi connectivity index (χ3v) is 0. The molecule has 4 N–H and O–H groups in total. The van der Waals surface area contributed by atoms with E-state index in [1.165, 1.54) is 0 Å². The minimum absolute atomic E-state index is 0. The lowest BCUT2D eigenvalue weighted by molar-refractivity contribution is 0.823. The molecule has 0 atom stereocenters. The highest BCUT2D eigenvalue weighted by Crippen LogP contribution is 0.743. The molecule has 0 aromatic carbocycles. The molecule has 0 fully saturated rings. The van der Waals surface area contributed by atoms with Crippen molar-refractivity contribution in [3.8, 4) is 0 Å². The van der Waals surface area contributed by atoms with E-state index >= 15 is 0 Å². The topological polar surface area (TPSA) is 131 Å². The average Bonchev–Trinajstić information content (AvgIpc) is 1.50. The summed E-state index contributed by atoms with van der Waals surface area (Å²) in [6, 6.07) is 0. The molecule has 44 valence electrons. The first kappa shape index (κ1) is 69.3. The van der Waals surface area contributed by atoms with Crippen molar-refractivity contribution in [3.63, 3.8) is 0 Å². The molecule has 0 unspecified atom stereocenters. The van der Waals surface area contributed by atoms with E-state index in [9.17, 15) is 0 Å². The molecule has 6 heteroatoms. The largest absolute Gasteiger partial charge is 1.00 e. The Bertz CT molecular complexity index is 14.0. The van der Waals surface area contributed by atoms with Crippen molar-refractivity contribution >= 4 is 0 Å². The highest BCUT2D eigenvalue weighted by Gasteiger charge is 0.709. The van der Waals surface area contributed by atoms with Gasteiger partial charge in [0.1, 0.15) is 0 Å². The third kappa shape index (κ3) is 18.1. The SMILES string of the molecule is O.O.O=O.O=O.[H+].[H+].[H+].[H+].[HH].[HH]. The van der Waals surface area contributed by atoms with Gasteiger partial charge in [-0.1, -0.05) is 0 Å². The summed E-state index contributed by atoms with van der Waals surface area (Å²) in [5.74, 6) is 0. The van der Waals surface area contributed by atoms with Gasteiger partial charge in [-0.25, -0.2) is 0 Å². The molecule has 0 amide bonds. The molecule has 0 bridgehead atoms. The Labute approximate surface area is 41.1 Å². The van der Waals surface area contributed by atoms with Crippen molar-refractivity contribution < 1.29 is 19.5 Å². The van der Waals surface area contributed by atoms with Gasteiger partial charge in [0.05, 0.1) is 0 Å². The lowest BCUT2D eigenvalue weighted by Gasteiger charge is -0.707. The van der Waals surface area contributed by atoms with E-state index in [-0.39, 0.29) is 19.5 Å². The minimum atomic E-state index is 0. The van der Waals surface area contributed by atoms with E-state index in [2.05, 4.69) is 0 Å². The van der Waals surface area contributed by atoms with Crippen molar-refractivity contribution in [1.29, 1.82) is 0 Å². The molecule has 0 heterocycles. The second kappa shape index (κ2) is 51.8. The summed E-state index contributed by atoms with van der Waals surface area (Å²) in [4.78, 5) is 28.0. The van der Waals surface area contributed by atoms with Gasteiger partial charge in [-0.05, 0) is 0 Å². The lowest BCUT2D eigenvalue weighted by atomic mass is 15.3. The Morgan fingerprint density at radius 2 is 0.833 bits per heavy atom. The molecule has 0 aliphatic heterocycles. The summed E-state index contributed by atoms with van der Waals surface area (Å²) in [5, 5.41) is 0. The Hall–Kier alpha value is -0.880. The zero-order chi connectivity index (χ0) is 4.00. The lowest BCUT2D eigenvalue weighted by Crippen LogP contribution is -0.674. The maximum Gasteiger partial charge on any atom is 1.00 e. The molecule has 6 nitrogen and oxygen atoms in total. The van der Waals surface area contributed by atoms with Crippen molar-refractivity contribution in [2.45, 2.75) is 0 Å². The van der Waals surface area contributed by atoms with Gasteiger partial charge >= 0.3 is 5.71 Å². The van der Waals surface area contributed by atoms with Crippen LogP contribution >= 0.6 is 0 Å². The predicted molar refractivity (Wildman–Crippen MR) is 29.4 cm³/mol. The summed E-state index contributed by atoms with van der Waals surface area (Å²) in [7, 11) is 0. The molecule has 0 saturated heterocycles. The molecule has 0 spiro atoms. The van der Waals surface area contributed by atoms with Crippen molar-refractivity contribution in [2.24, 2.45) is 0 Å². The van der Waals surface area contributed by atoms with E-state index in [1.807, 2.05) is 0 Å². The zero-order valence-corrected chi connectivity index (χ0v) is 2.63. The average molecular weight is 108 g/mol. The normalized spacial score (nSPS) is 1.33. The maximum atomic E-state index is 7.00. The number of hydrogen-bond acceptors (Lipinski definition) is 4. The number of rotatable bonds is 0. The van der Waals surface area contributed by atoms with Crippen LogP contribution in [0.15, 0.2) is 0 Å². The van der Waals surface area contributed by atoms with Gasteiger partial charge in [-0.15, -0.1) is 0 Å². The van der Waals surface area contributed by atoms with Gasteiger partial charge in [0.15, 0.2) is 0 Å². The van der Waals surface area contributed by atoms with E-state index in [1.54, 1.807) is 0 Å². The molecule has 0 aliphatic rings. The monoisotopic (exact) mass is 108 g/mol. The van der Waals surface area contributed by atoms with Crippen molar-refractivity contribution in [1.82, 2.24) is 0 Å². The summed E-state index contributed by atoms with van der Waals surface area (Å²) in [5.41, 5.74) is 0. The van der Waals surface area contributed by atoms with Gasteiger partial charge < -0.3 is 11.0 Å². The quantitative estimate of drug-likeness (QED) is 0.410. The Morgan fingerprint density at radius 3 is 0.833 bits per heavy atom. The second-order valence-corrected chi connectivity index (χ2v) is 0. The first-order chi connectivity index (χ1) is 2.00. The van der Waals surface area contributed by atoms with Crippen molar-refractivity contribution in [3.05, 3.63) is 19.9 Å². The van der Waals surface area contributed by atoms with Gasteiger partial charge in [0.2, 0.25) is 0 Å². The van der Waals surface area contributed by atoms with Crippen LogP contribution in [0.1, 0.15) is 8.56 Å². The molecule has 0 aromatic rings. The fourth-order valence-electron chi connectivity index (χ4n) is 0. The molecule has 0 aliphatic carbocycles. The van der Waals surface area contributed by atoms with Crippen molar-refractivity contribution in [2.75, 3.05) is 0 Å². The van der Waals surface area contributed by atoms with E-state index in [4.69, 9.17) is 19.9 Å². The maximum absolute atomic E-state index is 7.00. The summed E-state index contributed by atoms with van der Waals surface area (Å²) >= 11 is 0. The van der Waals surface area contributed by atoms with Gasteiger partial charge in [-0.2, -0.15) is 0 Å². The first-order valence-corrected chi connectivity index (χ1v) is 0.333. The van der Waals surface area contributed by atoms with Crippen LogP contribution in [-0.2, 0) is 0 Å². The summed E-state index contributed by atoms with van der Waals surface area (Å²) < 4.78 is 0. The Balaban J connectivity index is -0.000000000500. The van der Waals surface area contributed by atoms with E-state index in [0.717, 1.165) is 0 Å². The van der Waals surface area contributed by atoms with Gasteiger partial charge in [0.25, 0.3) is 0 Å². The fourth-order valence-corrected chi connectivity index (χ4v) is 0. The molecular weight excluding hydrogens is 96.0 g/mol. The summed E-state index contributed by atoms with van der Waals surface area (Å²) in [6.07, 6.45) is 0. The van der Waals surface area contributed by atoms with Crippen LogP contribution in [0.25, 0.3) is 0 Å². The van der Waals surface area contributed by atoms with Crippen LogP contribution in [0, 0.1) is 19.9 Å². The third-order valence-electron chi connectivity index (χ3n) is 0. The van der Waals surface area contributed by atoms with Crippen LogP contribution in [-0.4, -0.2) is 11.0 Å². The predicted octanol–water partition coefficient (Wildman–Crippen LogP) is -0.573. The fraction of sp³-hybridized carbons (Fsp3) is 0. The van der Waals surface area contributed by atoms with Gasteiger partial charge in [-0.3, -0.25) is 0 Å². The molecule has 0 radical (unpaired) electrons. The van der Waals surface area contributed by atoms with Crippen LogP contribution in [0.2, 0.25) is 0 Å². The standard InChI is InChI=1S/2O2.2H2O.2H2/c2*1-2;;;;/h;;2*1H2;2*1H/p+4. The molecule has 0 saturated carbocycles. The van der Waals surface area contributed by atoms with Crippen LogP contribution < -0.4 is 0 Å². The molecular formula is H12O6+4. The van der Waals surface area contributed by atoms with E-state index in [0.29, 0.717) is 0 Å². The second-order valence-electron chi connectivity index (χ2n) is 0. The minimum Gasteiger partial charge on any atom is -0.412 e. The zero-order valence-electron chi connectivity index (χ0n) is 6.63. The smallest absolute Gasteiger partial charge is 0.412 e. The van der Waals surface area contributed by atoms with Crippen LogP contribution in [0.5, 0.6) is 0 Å². The summed E-state index contributed by atoms with van der Waals surface area (Å²) in [6.45, 7) is 0. The highest BCUT2D eigenvalue weighted by molar-refractivity contribution is 4.08. The molecule has 0 aromatic heterocycles. The first-order valence-electron chi connectivity index (χ1n) is 0.333. The highest BCUT2D eigenvalue weighted by atomic mass is 16.7. The van der Waals surface area contributed by atoms with Gasteiger partial charge in [0, 0.05) is 22.7 Å². The number of hydrogen-bond donors (Lipinski definition) is 0. The Kier molecular flexibility index (Phi) is 598. The van der Waals surface area contributed by atoms with E-state index < -0.39 is 0 Å². The molecule has 0 rings (SSSR count). The van der Waals surface area contributed by atoms with Crippen LogP contribution in [0.4, 0.5) is 0 Å². The molecule has 6 heavy (non-hydrogen) atoms. The Morgan fingerprint density at radius 1 is 0.833 bits per heavy atom. The van der Waals surface area contributed by atoms with Crippen LogP contribution in [0.3, 0.4) is 0 Å².